The number of nitrogens with zero attached hydrogens (tertiary/aromatic N) is 1. The maximum absolute atomic E-state index is 11.0. The Morgan fingerprint density at radius 3 is 2.94 bits per heavy atom. The van der Waals surface area contributed by atoms with E-state index in [1.165, 1.54) is 30.6 Å². The topological polar surface area (TPSA) is 40.5 Å². The van der Waals surface area contributed by atoms with E-state index in [9.17, 15) is 4.79 Å². The monoisotopic (exact) mass is 245 g/mol. The van der Waals surface area contributed by atoms with Gasteiger partial charge in [-0.25, -0.2) is 0 Å². The number of aliphatic carboxylic acids is 1. The minimum absolute atomic E-state index is 0.409. The molecular formula is C15H19NO2. The van der Waals surface area contributed by atoms with Crippen LogP contribution >= 0.6 is 0 Å². The zero-order valence-corrected chi connectivity index (χ0v) is 10.7. The van der Waals surface area contributed by atoms with Gasteiger partial charge in [-0.15, -0.1) is 0 Å². The van der Waals surface area contributed by atoms with Gasteiger partial charge in [-0.3, -0.25) is 4.79 Å². The predicted molar refractivity (Wildman–Crippen MR) is 71.1 cm³/mol. The van der Waals surface area contributed by atoms with E-state index < -0.39 is 11.9 Å². The summed E-state index contributed by atoms with van der Waals surface area (Å²) in [7, 11) is 0. The van der Waals surface area contributed by atoms with Crippen LogP contribution in [0.2, 0.25) is 0 Å². The van der Waals surface area contributed by atoms with Crippen molar-refractivity contribution in [1.82, 2.24) is 0 Å². The Hall–Kier alpha value is -1.51. The zero-order chi connectivity index (χ0) is 12.7. The van der Waals surface area contributed by atoms with Crippen LogP contribution in [0.25, 0.3) is 0 Å². The van der Waals surface area contributed by atoms with E-state index in [4.69, 9.17) is 5.11 Å². The number of fused-ring (bicyclic) bond motifs is 1. The number of carbonyl (C=O) groups is 1. The van der Waals surface area contributed by atoms with Gasteiger partial charge in [-0.2, -0.15) is 0 Å². The van der Waals surface area contributed by atoms with Crippen molar-refractivity contribution in [2.45, 2.75) is 32.1 Å². The second kappa shape index (κ2) is 4.30. The molecule has 1 unspecified atom stereocenters. The number of hydrogen-bond acceptors (Lipinski definition) is 2. The molecule has 0 radical (unpaired) electrons. The Morgan fingerprint density at radius 2 is 2.28 bits per heavy atom. The first-order chi connectivity index (χ1) is 8.65. The molecule has 3 nitrogen and oxygen atoms in total. The van der Waals surface area contributed by atoms with Crippen LogP contribution in [0.15, 0.2) is 18.2 Å². The first-order valence-corrected chi connectivity index (χ1v) is 6.75. The van der Waals surface area contributed by atoms with Crippen molar-refractivity contribution in [3.05, 3.63) is 29.3 Å². The third kappa shape index (κ3) is 2.09. The van der Waals surface area contributed by atoms with Gasteiger partial charge in [0.15, 0.2) is 0 Å². The van der Waals surface area contributed by atoms with Crippen molar-refractivity contribution < 1.29 is 9.90 Å². The van der Waals surface area contributed by atoms with Gasteiger partial charge < -0.3 is 10.0 Å². The summed E-state index contributed by atoms with van der Waals surface area (Å²) in [5, 5.41) is 9.05. The van der Waals surface area contributed by atoms with Crippen molar-refractivity contribution >= 4 is 11.7 Å². The number of benzene rings is 1. The van der Waals surface area contributed by atoms with Crippen LogP contribution < -0.4 is 4.90 Å². The smallest absolute Gasteiger partial charge is 0.310 e. The number of carboxylic acids is 1. The lowest BCUT2D eigenvalue weighted by Gasteiger charge is -2.19. The summed E-state index contributed by atoms with van der Waals surface area (Å²) >= 11 is 0. The molecular weight excluding hydrogens is 226 g/mol. The molecule has 0 spiro atoms. The van der Waals surface area contributed by atoms with Gasteiger partial charge in [-0.05, 0) is 49.3 Å². The highest BCUT2D eigenvalue weighted by Gasteiger charge is 2.28. The van der Waals surface area contributed by atoms with Gasteiger partial charge in [0.25, 0.3) is 0 Å². The van der Waals surface area contributed by atoms with Crippen LogP contribution in [0, 0.1) is 5.92 Å². The summed E-state index contributed by atoms with van der Waals surface area (Å²) in [6.07, 6.45) is 3.81. The molecule has 1 aromatic rings. The Labute approximate surface area is 107 Å². The van der Waals surface area contributed by atoms with Crippen molar-refractivity contribution in [3.8, 4) is 0 Å². The van der Waals surface area contributed by atoms with E-state index in [1.807, 2.05) is 6.07 Å². The lowest BCUT2D eigenvalue weighted by molar-refractivity contribution is -0.138. The Kier molecular flexibility index (Phi) is 2.77. The summed E-state index contributed by atoms with van der Waals surface area (Å²) in [6, 6.07) is 6.17. The molecule has 1 aliphatic heterocycles. The van der Waals surface area contributed by atoms with Crippen molar-refractivity contribution in [2.24, 2.45) is 5.92 Å². The van der Waals surface area contributed by atoms with Crippen LogP contribution in [-0.2, 0) is 11.2 Å². The van der Waals surface area contributed by atoms with Crippen LogP contribution in [0.5, 0.6) is 0 Å². The summed E-state index contributed by atoms with van der Waals surface area (Å²) in [6.45, 7) is 4.03. The summed E-state index contributed by atoms with van der Waals surface area (Å²) in [5.74, 6) is -0.260. The minimum Gasteiger partial charge on any atom is -0.481 e. The lowest BCUT2D eigenvalue weighted by atomic mass is 9.98. The summed E-state index contributed by atoms with van der Waals surface area (Å²) < 4.78 is 0. The van der Waals surface area contributed by atoms with Crippen molar-refractivity contribution in [2.75, 3.05) is 18.0 Å². The Morgan fingerprint density at radius 1 is 1.50 bits per heavy atom. The summed E-state index contributed by atoms with van der Waals surface area (Å²) in [4.78, 5) is 13.5. The Bertz CT molecular complexity index is 479. The van der Waals surface area contributed by atoms with Gasteiger partial charge >= 0.3 is 5.97 Å². The van der Waals surface area contributed by atoms with Crippen molar-refractivity contribution in [1.29, 1.82) is 0 Å². The molecule has 1 aromatic carbocycles. The van der Waals surface area contributed by atoms with E-state index in [-0.39, 0.29) is 0 Å². The number of carboxylic acid groups (broad SMARTS) is 1. The van der Waals surface area contributed by atoms with Gasteiger partial charge in [0.05, 0.1) is 5.92 Å². The average Bonchev–Trinajstić information content (AvgIpc) is 3.08. The molecule has 18 heavy (non-hydrogen) atoms. The first-order valence-electron chi connectivity index (χ1n) is 6.75. The first kappa shape index (κ1) is 11.6. The van der Waals surface area contributed by atoms with Gasteiger partial charge in [0.1, 0.15) is 0 Å². The highest BCUT2D eigenvalue weighted by molar-refractivity contribution is 5.76. The number of hydrogen-bond donors (Lipinski definition) is 1. The molecule has 0 aromatic heterocycles. The largest absolute Gasteiger partial charge is 0.481 e. The molecule has 2 aliphatic rings. The SMILES string of the molecule is CC(C(=O)O)c1ccc2c(c1)CCN2CC1CC1. The fraction of sp³-hybridized carbons (Fsp3) is 0.533. The average molecular weight is 245 g/mol. The maximum atomic E-state index is 11.0. The minimum atomic E-state index is -0.747. The molecule has 1 heterocycles. The third-order valence-corrected chi connectivity index (χ3v) is 4.14. The molecule has 1 saturated carbocycles. The highest BCUT2D eigenvalue weighted by atomic mass is 16.4. The predicted octanol–water partition coefficient (Wildman–Crippen LogP) is 2.65. The molecule has 0 saturated heterocycles. The van der Waals surface area contributed by atoms with Crippen LogP contribution in [0.3, 0.4) is 0 Å². The molecule has 1 atom stereocenters. The fourth-order valence-electron chi connectivity index (χ4n) is 2.70. The molecule has 96 valence electrons. The van der Waals surface area contributed by atoms with E-state index in [0.29, 0.717) is 0 Å². The zero-order valence-electron chi connectivity index (χ0n) is 10.7. The molecule has 1 fully saturated rings. The second-order valence-corrected chi connectivity index (χ2v) is 5.59. The number of rotatable bonds is 4. The molecule has 1 N–H and O–H groups in total. The molecule has 1 aliphatic carbocycles. The fourth-order valence-corrected chi connectivity index (χ4v) is 2.70. The number of anilines is 1. The standard InChI is InChI=1S/C15H19NO2/c1-10(15(17)18)12-4-5-14-13(8-12)6-7-16(14)9-11-2-3-11/h4-5,8,10-11H,2-3,6-7,9H2,1H3,(H,17,18). The third-order valence-electron chi connectivity index (χ3n) is 4.14. The van der Waals surface area contributed by atoms with Crippen molar-refractivity contribution in [3.63, 3.8) is 0 Å². The molecule has 0 bridgehead atoms. The Balaban J connectivity index is 1.81. The molecule has 3 heteroatoms. The van der Waals surface area contributed by atoms with Crippen LogP contribution in [-0.4, -0.2) is 24.2 Å². The highest BCUT2D eigenvalue weighted by Crippen LogP contribution is 2.36. The van der Waals surface area contributed by atoms with Crippen LogP contribution in [0.4, 0.5) is 5.69 Å². The van der Waals surface area contributed by atoms with E-state index >= 15 is 0 Å². The normalized spacial score (nSPS) is 19.7. The van der Waals surface area contributed by atoms with E-state index in [0.717, 1.165) is 24.4 Å². The summed E-state index contributed by atoms with van der Waals surface area (Å²) in [5.41, 5.74) is 3.57. The lowest BCUT2D eigenvalue weighted by Crippen LogP contribution is -2.22. The second-order valence-electron chi connectivity index (χ2n) is 5.59. The van der Waals surface area contributed by atoms with Gasteiger partial charge in [-0.1, -0.05) is 12.1 Å². The van der Waals surface area contributed by atoms with Gasteiger partial charge in [0, 0.05) is 18.8 Å². The maximum Gasteiger partial charge on any atom is 0.310 e. The van der Waals surface area contributed by atoms with Crippen LogP contribution in [0.1, 0.15) is 36.8 Å². The van der Waals surface area contributed by atoms with E-state index in [2.05, 4.69) is 17.0 Å². The quantitative estimate of drug-likeness (QED) is 0.886. The van der Waals surface area contributed by atoms with E-state index in [1.54, 1.807) is 6.92 Å². The molecule has 3 rings (SSSR count). The molecule has 0 amide bonds. The van der Waals surface area contributed by atoms with Gasteiger partial charge in [0.2, 0.25) is 0 Å².